The van der Waals surface area contributed by atoms with Gasteiger partial charge in [-0.3, -0.25) is 9.48 Å². The Bertz CT molecular complexity index is 736. The number of carbonyl (C=O) groups excluding carboxylic acids is 1. The molecule has 1 amide bonds. The number of aryl methyl sites for hydroxylation is 2. The molecule has 0 radical (unpaired) electrons. The van der Waals surface area contributed by atoms with E-state index in [0.29, 0.717) is 23.8 Å². The minimum absolute atomic E-state index is 0.0668. The standard InChI is InChI=1S/C15H21N5O3/c1-8-6-11-13(9(2)22-8)17-20(5)14(11)15(21)19(4)7-12-16-10(3)18-23-12/h8-9H,6-7H2,1-5H3/t8-,9+/m1/s1. The van der Waals surface area contributed by atoms with Crippen molar-refractivity contribution in [2.45, 2.75) is 45.9 Å². The van der Waals surface area contributed by atoms with E-state index in [1.807, 2.05) is 13.8 Å². The van der Waals surface area contributed by atoms with Crippen molar-refractivity contribution >= 4 is 5.91 Å². The second-order valence-electron chi connectivity index (χ2n) is 6.03. The third kappa shape index (κ3) is 2.86. The number of rotatable bonds is 3. The van der Waals surface area contributed by atoms with Gasteiger partial charge in [-0.1, -0.05) is 5.16 Å². The van der Waals surface area contributed by atoms with Gasteiger partial charge in [0.1, 0.15) is 12.2 Å². The Hall–Kier alpha value is -2.22. The second kappa shape index (κ2) is 5.77. The van der Waals surface area contributed by atoms with E-state index in [0.717, 1.165) is 11.3 Å². The van der Waals surface area contributed by atoms with Crippen LogP contribution in [-0.4, -0.2) is 43.9 Å². The lowest BCUT2D eigenvalue weighted by Gasteiger charge is -2.25. The molecule has 0 fully saturated rings. The molecule has 0 N–H and O–H groups in total. The van der Waals surface area contributed by atoms with Gasteiger partial charge in [-0.05, 0) is 20.8 Å². The van der Waals surface area contributed by atoms with Crippen LogP contribution in [0, 0.1) is 6.92 Å². The smallest absolute Gasteiger partial charge is 0.272 e. The quantitative estimate of drug-likeness (QED) is 0.850. The van der Waals surface area contributed by atoms with Crippen molar-refractivity contribution in [3.63, 3.8) is 0 Å². The van der Waals surface area contributed by atoms with Gasteiger partial charge in [-0.2, -0.15) is 10.1 Å². The Balaban J connectivity index is 1.87. The summed E-state index contributed by atoms with van der Waals surface area (Å²) < 4.78 is 12.5. The first kappa shape index (κ1) is 15.7. The molecule has 2 aromatic heterocycles. The first-order valence-corrected chi connectivity index (χ1v) is 7.62. The monoisotopic (exact) mass is 319 g/mol. The van der Waals surface area contributed by atoms with Crippen molar-refractivity contribution < 1.29 is 14.1 Å². The topological polar surface area (TPSA) is 86.3 Å². The normalized spacial score (nSPS) is 20.4. The summed E-state index contributed by atoms with van der Waals surface area (Å²) in [5.41, 5.74) is 2.41. The Morgan fingerprint density at radius 3 is 2.83 bits per heavy atom. The third-order valence-electron chi connectivity index (χ3n) is 3.98. The van der Waals surface area contributed by atoms with Crippen molar-refractivity contribution in [3.05, 3.63) is 28.7 Å². The molecule has 0 bridgehead atoms. The van der Waals surface area contributed by atoms with Crippen molar-refractivity contribution in [1.29, 1.82) is 0 Å². The number of aromatic nitrogens is 4. The second-order valence-corrected chi connectivity index (χ2v) is 6.03. The Labute approximate surface area is 134 Å². The van der Waals surface area contributed by atoms with E-state index < -0.39 is 0 Å². The van der Waals surface area contributed by atoms with Crippen LogP contribution in [0.15, 0.2) is 4.52 Å². The Kier molecular flexibility index (Phi) is 3.93. The minimum Gasteiger partial charge on any atom is -0.369 e. The summed E-state index contributed by atoms with van der Waals surface area (Å²) in [7, 11) is 3.50. The van der Waals surface area contributed by atoms with E-state index in [4.69, 9.17) is 9.26 Å². The van der Waals surface area contributed by atoms with Crippen LogP contribution in [0.25, 0.3) is 0 Å². The fraction of sp³-hybridized carbons (Fsp3) is 0.600. The van der Waals surface area contributed by atoms with Gasteiger partial charge in [-0.15, -0.1) is 0 Å². The van der Waals surface area contributed by atoms with Gasteiger partial charge in [0.25, 0.3) is 5.91 Å². The lowest BCUT2D eigenvalue weighted by molar-refractivity contribution is -0.00714. The van der Waals surface area contributed by atoms with Crippen LogP contribution in [0.3, 0.4) is 0 Å². The highest BCUT2D eigenvalue weighted by Crippen LogP contribution is 2.31. The summed E-state index contributed by atoms with van der Waals surface area (Å²) in [5, 5.41) is 8.22. The summed E-state index contributed by atoms with van der Waals surface area (Å²) in [5.74, 6) is 0.858. The molecule has 8 heteroatoms. The third-order valence-corrected chi connectivity index (χ3v) is 3.98. The van der Waals surface area contributed by atoms with Gasteiger partial charge < -0.3 is 14.2 Å². The molecule has 23 heavy (non-hydrogen) atoms. The summed E-state index contributed by atoms with van der Waals surface area (Å²) in [6, 6.07) is 0. The van der Waals surface area contributed by atoms with Crippen LogP contribution in [0.4, 0.5) is 0 Å². The Morgan fingerprint density at radius 2 is 2.17 bits per heavy atom. The van der Waals surface area contributed by atoms with E-state index in [-0.39, 0.29) is 24.7 Å². The zero-order valence-electron chi connectivity index (χ0n) is 14.0. The SMILES string of the molecule is Cc1noc(CN(C)C(=O)c2c3c(nn2C)[C@H](C)O[C@H](C)C3)n1. The first-order chi connectivity index (χ1) is 10.9. The van der Waals surface area contributed by atoms with Crippen molar-refractivity contribution in [3.8, 4) is 0 Å². The molecule has 8 nitrogen and oxygen atoms in total. The number of carbonyl (C=O) groups is 1. The molecule has 1 aliphatic heterocycles. The van der Waals surface area contributed by atoms with Crippen LogP contribution in [0.5, 0.6) is 0 Å². The minimum atomic E-state index is -0.113. The highest BCUT2D eigenvalue weighted by atomic mass is 16.5. The van der Waals surface area contributed by atoms with Crippen molar-refractivity contribution in [2.75, 3.05) is 7.05 Å². The molecule has 0 unspecified atom stereocenters. The van der Waals surface area contributed by atoms with Crippen LogP contribution in [0.1, 0.15) is 53.4 Å². The molecule has 0 spiro atoms. The number of nitrogens with zero attached hydrogens (tertiary/aromatic N) is 5. The van der Waals surface area contributed by atoms with Crippen molar-refractivity contribution in [2.24, 2.45) is 7.05 Å². The first-order valence-electron chi connectivity index (χ1n) is 7.62. The maximum atomic E-state index is 12.9. The molecule has 3 rings (SSSR count). The molecule has 0 saturated heterocycles. The van der Waals surface area contributed by atoms with Gasteiger partial charge in [0.2, 0.25) is 5.89 Å². The number of fused-ring (bicyclic) bond motifs is 1. The number of ether oxygens (including phenoxy) is 1. The maximum absolute atomic E-state index is 12.9. The summed E-state index contributed by atoms with van der Waals surface area (Å²) in [6.45, 7) is 5.97. The molecule has 0 saturated carbocycles. The predicted octanol–water partition coefficient (Wildman–Crippen LogP) is 1.41. The molecule has 0 aromatic carbocycles. The van der Waals surface area contributed by atoms with Crippen LogP contribution in [0.2, 0.25) is 0 Å². The number of amides is 1. The molecule has 1 aliphatic rings. The van der Waals surface area contributed by atoms with Crippen LogP contribution >= 0.6 is 0 Å². The van der Waals surface area contributed by atoms with Crippen LogP contribution in [-0.2, 0) is 24.8 Å². The molecule has 2 aromatic rings. The number of hydrogen-bond acceptors (Lipinski definition) is 6. The van der Waals surface area contributed by atoms with Gasteiger partial charge in [0, 0.05) is 26.1 Å². The fourth-order valence-electron chi connectivity index (χ4n) is 2.99. The highest BCUT2D eigenvalue weighted by Gasteiger charge is 2.32. The molecule has 0 aliphatic carbocycles. The van der Waals surface area contributed by atoms with E-state index in [1.165, 1.54) is 0 Å². The fourth-order valence-corrected chi connectivity index (χ4v) is 2.99. The number of hydrogen-bond donors (Lipinski definition) is 0. The van der Waals surface area contributed by atoms with Gasteiger partial charge in [-0.25, -0.2) is 0 Å². The molecular formula is C15H21N5O3. The van der Waals surface area contributed by atoms with E-state index in [2.05, 4.69) is 15.2 Å². The van der Waals surface area contributed by atoms with Gasteiger partial charge in [0.05, 0.1) is 17.9 Å². The van der Waals surface area contributed by atoms with E-state index in [1.54, 1.807) is 30.6 Å². The lowest BCUT2D eigenvalue weighted by Crippen LogP contribution is -2.30. The van der Waals surface area contributed by atoms with E-state index >= 15 is 0 Å². The van der Waals surface area contributed by atoms with Gasteiger partial charge in [0.15, 0.2) is 5.82 Å². The Morgan fingerprint density at radius 1 is 1.43 bits per heavy atom. The molecular weight excluding hydrogens is 298 g/mol. The summed E-state index contributed by atoms with van der Waals surface area (Å²) in [6.07, 6.45) is 0.643. The molecule has 124 valence electrons. The predicted molar refractivity (Wildman–Crippen MR) is 80.7 cm³/mol. The van der Waals surface area contributed by atoms with Gasteiger partial charge >= 0.3 is 0 Å². The maximum Gasteiger partial charge on any atom is 0.272 e. The average molecular weight is 319 g/mol. The van der Waals surface area contributed by atoms with Crippen molar-refractivity contribution in [1.82, 2.24) is 24.8 Å². The zero-order chi connectivity index (χ0) is 16.7. The summed E-state index contributed by atoms with van der Waals surface area (Å²) >= 11 is 0. The highest BCUT2D eigenvalue weighted by molar-refractivity contribution is 5.94. The average Bonchev–Trinajstić information content (AvgIpc) is 3.01. The van der Waals surface area contributed by atoms with E-state index in [9.17, 15) is 4.79 Å². The lowest BCUT2D eigenvalue weighted by atomic mass is 9.99. The molecule has 3 heterocycles. The largest absolute Gasteiger partial charge is 0.369 e. The summed E-state index contributed by atoms with van der Waals surface area (Å²) in [4.78, 5) is 18.6. The zero-order valence-corrected chi connectivity index (χ0v) is 14.0. The van der Waals surface area contributed by atoms with Crippen LogP contribution < -0.4 is 0 Å². The molecule has 2 atom stereocenters.